The van der Waals surface area contributed by atoms with Crippen molar-refractivity contribution in [1.29, 1.82) is 0 Å². The topological polar surface area (TPSA) is 485 Å². The number of rotatable bonds is 12. The van der Waals surface area contributed by atoms with Crippen molar-refractivity contribution in [2.45, 2.75) is 25.9 Å². The van der Waals surface area contributed by atoms with E-state index in [0.29, 0.717) is 0 Å². The van der Waals surface area contributed by atoms with Gasteiger partial charge in [0.25, 0.3) is 0 Å². The van der Waals surface area contributed by atoms with Crippen LogP contribution in [0.2, 0.25) is 0 Å². The Morgan fingerprint density at radius 3 is 0.803 bits per heavy atom. The van der Waals surface area contributed by atoms with E-state index in [4.69, 9.17) is 119 Å². The molecule has 0 aliphatic carbocycles. The minimum Gasteiger partial charge on any atom is -0.473 e. The molecule has 374 valence electrons. The van der Waals surface area contributed by atoms with Crippen LogP contribution in [0.5, 0.6) is 0 Å². The van der Waals surface area contributed by atoms with Gasteiger partial charge in [0.15, 0.2) is 0 Å². The molecule has 30 nitrogen and oxygen atoms in total. The normalized spacial score (nSPS) is 13.1. The molecular formula is C36H56N6O24. The van der Waals surface area contributed by atoms with Crippen molar-refractivity contribution < 1.29 is 119 Å². The van der Waals surface area contributed by atoms with Crippen LogP contribution in [-0.4, -0.2) is 245 Å². The summed E-state index contributed by atoms with van der Waals surface area (Å²) < 4.78 is 0. The molecule has 2 fully saturated rings. The van der Waals surface area contributed by atoms with Gasteiger partial charge < -0.3 is 91.5 Å². The molecule has 2 heterocycles. The van der Waals surface area contributed by atoms with Crippen LogP contribution in [0.25, 0.3) is 0 Å². The maximum absolute atomic E-state index is 9.10. The lowest BCUT2D eigenvalue weighted by Crippen LogP contribution is -2.45. The van der Waals surface area contributed by atoms with Gasteiger partial charge in [-0.1, -0.05) is 24.3 Å². The minimum absolute atomic E-state index is 0.972. The Kier molecular flexibility index (Phi) is 38.8. The van der Waals surface area contributed by atoms with Crippen molar-refractivity contribution in [3.05, 3.63) is 35.4 Å². The molecule has 0 spiro atoms. The molecule has 3 rings (SSSR count). The van der Waals surface area contributed by atoms with E-state index in [0.717, 1.165) is 26.2 Å². The molecular weight excluding hydrogens is 900 g/mol. The Labute approximate surface area is 374 Å². The van der Waals surface area contributed by atoms with Crippen molar-refractivity contribution in [3.8, 4) is 0 Å². The maximum atomic E-state index is 9.10. The molecule has 2 saturated heterocycles. The molecule has 0 unspecified atom stereocenters. The van der Waals surface area contributed by atoms with Crippen LogP contribution in [0.1, 0.15) is 24.0 Å². The number of piperazine rings is 2. The van der Waals surface area contributed by atoms with Crippen LogP contribution < -0.4 is 10.6 Å². The van der Waals surface area contributed by atoms with Crippen molar-refractivity contribution in [1.82, 2.24) is 30.2 Å². The Morgan fingerprint density at radius 1 is 0.394 bits per heavy atom. The first-order valence-electron chi connectivity index (χ1n) is 18.6. The zero-order valence-corrected chi connectivity index (χ0v) is 35.7. The third-order valence-electron chi connectivity index (χ3n) is 7.59. The van der Waals surface area contributed by atoms with E-state index < -0.39 is 71.6 Å². The lowest BCUT2D eigenvalue weighted by atomic mass is 10.1. The zero-order chi connectivity index (χ0) is 51.9. The smallest absolute Gasteiger partial charge is 0.414 e. The van der Waals surface area contributed by atoms with E-state index in [1.165, 1.54) is 89.4 Å². The molecule has 30 heteroatoms. The third kappa shape index (κ3) is 44.7. The SMILES string of the molecule is CN1CCN(CCCNCc2cccc(CNCCCN3CCN(C)CC3)c2)CC1.O=C(O)C(=O)O.O=C(O)C(=O)O.O=C(O)C(=O)O.O=C(O)C(=O)O.O=C(O)C(=O)O.O=C(O)C(=O)O. The number of carbonyl (C=O) groups is 12. The van der Waals surface area contributed by atoms with Gasteiger partial charge in [-0.05, 0) is 64.2 Å². The first-order chi connectivity index (χ1) is 30.5. The third-order valence-corrected chi connectivity index (χ3v) is 7.59. The Morgan fingerprint density at radius 2 is 0.606 bits per heavy atom. The molecule has 0 aromatic heterocycles. The highest BCUT2D eigenvalue weighted by molar-refractivity contribution is 6.29. The van der Waals surface area contributed by atoms with Gasteiger partial charge in [-0.2, -0.15) is 0 Å². The second-order valence-electron chi connectivity index (χ2n) is 12.8. The summed E-state index contributed by atoms with van der Waals surface area (Å²) in [6.07, 6.45) is 2.47. The monoisotopic (exact) mass is 956 g/mol. The number of nitrogens with zero attached hydrogens (tertiary/aromatic N) is 4. The highest BCUT2D eigenvalue weighted by atomic mass is 16.5. The van der Waals surface area contributed by atoms with Crippen LogP contribution >= 0.6 is 0 Å². The van der Waals surface area contributed by atoms with Crippen molar-refractivity contribution in [2.75, 3.05) is 92.6 Å². The van der Waals surface area contributed by atoms with E-state index in [2.05, 4.69) is 68.6 Å². The van der Waals surface area contributed by atoms with Crippen LogP contribution in [0.4, 0.5) is 0 Å². The average molecular weight is 957 g/mol. The van der Waals surface area contributed by atoms with Gasteiger partial charge in [-0.3, -0.25) is 0 Å². The average Bonchev–Trinajstić information content (AvgIpc) is 3.23. The van der Waals surface area contributed by atoms with E-state index in [1.807, 2.05) is 0 Å². The van der Waals surface area contributed by atoms with E-state index in [1.54, 1.807) is 0 Å². The fraction of sp³-hybridized carbons (Fsp3) is 0.500. The number of aliphatic carboxylic acids is 12. The molecule has 1 aromatic rings. The van der Waals surface area contributed by atoms with Gasteiger partial charge in [0.05, 0.1) is 0 Å². The molecule has 14 N–H and O–H groups in total. The maximum Gasteiger partial charge on any atom is 0.414 e. The predicted octanol–water partition coefficient (Wildman–Crippen LogP) is -3.93. The molecule has 0 amide bonds. The van der Waals surface area contributed by atoms with E-state index in [9.17, 15) is 0 Å². The summed E-state index contributed by atoms with van der Waals surface area (Å²) in [5.74, 6) is -21.9. The van der Waals surface area contributed by atoms with Gasteiger partial charge >= 0.3 is 71.6 Å². The van der Waals surface area contributed by atoms with Gasteiger partial charge in [0.1, 0.15) is 0 Å². The van der Waals surface area contributed by atoms with Gasteiger partial charge in [-0.15, -0.1) is 0 Å². The fourth-order valence-corrected chi connectivity index (χ4v) is 4.31. The van der Waals surface area contributed by atoms with Crippen molar-refractivity contribution >= 4 is 71.6 Å². The van der Waals surface area contributed by atoms with Gasteiger partial charge in [-0.25, -0.2) is 57.5 Å². The van der Waals surface area contributed by atoms with Crippen molar-refractivity contribution in [2.24, 2.45) is 0 Å². The number of carboxylic acids is 12. The Bertz CT molecular complexity index is 1420. The summed E-state index contributed by atoms with van der Waals surface area (Å²) in [6.45, 7) is 16.3. The Balaban J connectivity index is -0.000000431. The zero-order valence-electron chi connectivity index (χ0n) is 35.7. The second kappa shape index (κ2) is 39.2. The quantitative estimate of drug-likeness (QED) is 0.0703. The van der Waals surface area contributed by atoms with Crippen molar-refractivity contribution in [3.63, 3.8) is 0 Å². The first kappa shape index (κ1) is 65.2. The van der Waals surface area contributed by atoms with E-state index in [-0.39, 0.29) is 0 Å². The largest absolute Gasteiger partial charge is 0.473 e. The molecule has 0 radical (unpaired) electrons. The number of nitrogens with one attached hydrogen (secondary N) is 2. The number of carboxylic acid groups (broad SMARTS) is 12. The van der Waals surface area contributed by atoms with Crippen LogP contribution in [0, 0.1) is 0 Å². The molecule has 2 aliphatic heterocycles. The van der Waals surface area contributed by atoms with Crippen LogP contribution in [0.15, 0.2) is 24.3 Å². The second-order valence-corrected chi connectivity index (χ2v) is 12.8. The molecule has 0 saturated carbocycles. The summed E-state index contributed by atoms with van der Waals surface area (Å²) in [5.41, 5.74) is 2.79. The molecule has 1 aromatic carbocycles. The highest BCUT2D eigenvalue weighted by Gasteiger charge is 2.14. The number of benzene rings is 1. The standard InChI is InChI=1S/C24H44N6.6C2H2O4/c1-27-12-16-29(17-13-27)10-4-8-25-21-23-6-3-7-24(20-23)22-26-9-5-11-30-18-14-28(2)15-19-30;6*3-1(4)2(5)6/h3,6-7,20,25-26H,4-5,8-19,21-22H2,1-2H3;6*(H,3,4)(H,5,6). The summed E-state index contributed by atoms with van der Waals surface area (Å²) in [7, 11) is 4.44. The van der Waals surface area contributed by atoms with Crippen LogP contribution in [0.3, 0.4) is 0 Å². The number of hydrogen-bond acceptors (Lipinski definition) is 18. The molecule has 0 bridgehead atoms. The lowest BCUT2D eigenvalue weighted by Gasteiger charge is -2.32. The number of likely N-dealkylation sites (N-methyl/N-ethyl adjacent to an activating group) is 2. The summed E-state index contributed by atoms with van der Waals surface area (Å²) >= 11 is 0. The summed E-state index contributed by atoms with van der Waals surface area (Å²) in [5, 5.41) is 95.9. The lowest BCUT2D eigenvalue weighted by molar-refractivity contribution is -0.159. The minimum atomic E-state index is -1.82. The fourth-order valence-electron chi connectivity index (χ4n) is 4.31. The molecule has 66 heavy (non-hydrogen) atoms. The van der Waals surface area contributed by atoms with Gasteiger partial charge in [0.2, 0.25) is 0 Å². The highest BCUT2D eigenvalue weighted by Crippen LogP contribution is 2.06. The van der Waals surface area contributed by atoms with Crippen LogP contribution in [-0.2, 0) is 70.6 Å². The summed E-state index contributed by atoms with van der Waals surface area (Å²) in [4.78, 5) is 119. The number of hydrogen-bond donors (Lipinski definition) is 14. The summed E-state index contributed by atoms with van der Waals surface area (Å²) in [6, 6.07) is 9.03. The van der Waals surface area contributed by atoms with E-state index >= 15 is 0 Å². The molecule has 0 atom stereocenters. The predicted molar refractivity (Wildman–Crippen MR) is 219 cm³/mol. The first-order valence-corrected chi connectivity index (χ1v) is 18.6. The van der Waals surface area contributed by atoms with Gasteiger partial charge in [0, 0.05) is 65.4 Å². The Hall–Kier alpha value is -7.38. The molecule has 2 aliphatic rings.